The van der Waals surface area contributed by atoms with E-state index in [2.05, 4.69) is 5.32 Å². The predicted octanol–water partition coefficient (Wildman–Crippen LogP) is 1.35. The van der Waals surface area contributed by atoms with Gasteiger partial charge in [-0.2, -0.15) is 0 Å². The van der Waals surface area contributed by atoms with Gasteiger partial charge in [0.05, 0.1) is 6.42 Å². The van der Waals surface area contributed by atoms with Crippen molar-refractivity contribution in [2.24, 2.45) is 11.5 Å². The fourth-order valence-corrected chi connectivity index (χ4v) is 1.94. The number of anilines is 1. The molecule has 5 N–H and O–H groups in total. The van der Waals surface area contributed by atoms with Crippen LogP contribution in [0.15, 0.2) is 54.6 Å². The Morgan fingerprint density at radius 2 is 1.62 bits per heavy atom. The van der Waals surface area contributed by atoms with E-state index in [0.29, 0.717) is 5.69 Å². The van der Waals surface area contributed by atoms with Crippen LogP contribution in [0.5, 0.6) is 0 Å². The molecule has 0 saturated carbocycles. The van der Waals surface area contributed by atoms with E-state index in [4.69, 9.17) is 11.5 Å². The van der Waals surface area contributed by atoms with Crippen LogP contribution < -0.4 is 16.8 Å². The summed E-state index contributed by atoms with van der Waals surface area (Å²) in [7, 11) is 0. The molecule has 0 saturated heterocycles. The van der Waals surface area contributed by atoms with Crippen LogP contribution in [0.3, 0.4) is 0 Å². The van der Waals surface area contributed by atoms with Gasteiger partial charge in [0.15, 0.2) is 0 Å². The number of nitrogens with two attached hydrogens (primary N) is 2. The predicted molar refractivity (Wildman–Crippen MR) is 81.3 cm³/mol. The van der Waals surface area contributed by atoms with Crippen LogP contribution in [0.1, 0.15) is 17.2 Å². The summed E-state index contributed by atoms with van der Waals surface area (Å²) in [6, 6.07) is 15.3. The van der Waals surface area contributed by atoms with Crippen LogP contribution in [-0.2, 0) is 16.0 Å². The number of nitrogens with one attached hydrogen (secondary N) is 1. The van der Waals surface area contributed by atoms with Crippen LogP contribution in [-0.4, -0.2) is 11.8 Å². The standard InChI is InChI=1S/C16H17N3O2/c17-14(20)10-11-6-8-13(9-7-11)19-16(21)15(18)12-4-2-1-3-5-12/h1-9,15H,10,18H2,(H2,17,20)(H,19,21). The number of hydrogen-bond donors (Lipinski definition) is 3. The summed E-state index contributed by atoms with van der Waals surface area (Å²) < 4.78 is 0. The molecule has 2 aromatic rings. The molecule has 0 aliphatic carbocycles. The first-order chi connectivity index (χ1) is 10.1. The first-order valence-electron chi connectivity index (χ1n) is 6.55. The van der Waals surface area contributed by atoms with E-state index in [9.17, 15) is 9.59 Å². The van der Waals surface area contributed by atoms with E-state index >= 15 is 0 Å². The number of benzene rings is 2. The maximum absolute atomic E-state index is 12.1. The second-order valence-corrected chi connectivity index (χ2v) is 4.72. The Kier molecular flexibility index (Phi) is 4.68. The Labute approximate surface area is 123 Å². The minimum Gasteiger partial charge on any atom is -0.369 e. The molecule has 5 heteroatoms. The van der Waals surface area contributed by atoms with Crippen molar-refractivity contribution in [1.82, 2.24) is 0 Å². The van der Waals surface area contributed by atoms with E-state index in [1.165, 1.54) is 0 Å². The minimum atomic E-state index is -0.725. The highest BCUT2D eigenvalue weighted by Gasteiger charge is 2.15. The van der Waals surface area contributed by atoms with Gasteiger partial charge in [-0.15, -0.1) is 0 Å². The summed E-state index contributed by atoms with van der Waals surface area (Å²) in [6.07, 6.45) is 0.178. The molecule has 2 aromatic carbocycles. The second-order valence-electron chi connectivity index (χ2n) is 4.72. The van der Waals surface area contributed by atoms with Gasteiger partial charge in [-0.25, -0.2) is 0 Å². The fraction of sp³-hybridized carbons (Fsp3) is 0.125. The summed E-state index contributed by atoms with van der Waals surface area (Å²) >= 11 is 0. The van der Waals surface area contributed by atoms with E-state index in [-0.39, 0.29) is 12.3 Å². The summed E-state index contributed by atoms with van der Waals surface area (Å²) in [4.78, 5) is 22.9. The molecular weight excluding hydrogens is 266 g/mol. The van der Waals surface area contributed by atoms with Gasteiger partial charge < -0.3 is 16.8 Å². The van der Waals surface area contributed by atoms with E-state index in [1.54, 1.807) is 36.4 Å². The van der Waals surface area contributed by atoms with Crippen molar-refractivity contribution in [2.75, 3.05) is 5.32 Å². The van der Waals surface area contributed by atoms with Crippen molar-refractivity contribution in [3.63, 3.8) is 0 Å². The normalized spacial score (nSPS) is 11.7. The van der Waals surface area contributed by atoms with Crippen molar-refractivity contribution < 1.29 is 9.59 Å². The number of hydrogen-bond acceptors (Lipinski definition) is 3. The number of carbonyl (C=O) groups is 2. The number of amides is 2. The minimum absolute atomic E-state index is 0.178. The summed E-state index contributed by atoms with van der Waals surface area (Å²) in [6.45, 7) is 0. The lowest BCUT2D eigenvalue weighted by atomic mass is 10.1. The first kappa shape index (κ1) is 14.7. The highest BCUT2D eigenvalue weighted by molar-refractivity contribution is 5.95. The Bertz CT molecular complexity index is 624. The van der Waals surface area contributed by atoms with Crippen LogP contribution in [0.25, 0.3) is 0 Å². The van der Waals surface area contributed by atoms with Gasteiger partial charge in [0, 0.05) is 5.69 Å². The molecule has 5 nitrogen and oxygen atoms in total. The maximum Gasteiger partial charge on any atom is 0.245 e. The van der Waals surface area contributed by atoms with Gasteiger partial charge in [0.2, 0.25) is 11.8 Å². The van der Waals surface area contributed by atoms with Gasteiger partial charge in [-0.05, 0) is 23.3 Å². The van der Waals surface area contributed by atoms with E-state index in [1.807, 2.05) is 18.2 Å². The molecule has 108 valence electrons. The van der Waals surface area contributed by atoms with Gasteiger partial charge in [-0.3, -0.25) is 9.59 Å². The van der Waals surface area contributed by atoms with Crippen LogP contribution >= 0.6 is 0 Å². The fourth-order valence-electron chi connectivity index (χ4n) is 1.94. The molecular formula is C16H17N3O2. The van der Waals surface area contributed by atoms with Gasteiger partial charge in [0.25, 0.3) is 0 Å². The van der Waals surface area contributed by atoms with Crippen molar-refractivity contribution in [3.05, 3.63) is 65.7 Å². The molecule has 1 atom stereocenters. The zero-order valence-corrected chi connectivity index (χ0v) is 11.5. The van der Waals surface area contributed by atoms with Gasteiger partial charge >= 0.3 is 0 Å². The topological polar surface area (TPSA) is 98.2 Å². The average molecular weight is 283 g/mol. The molecule has 0 aliphatic rings. The number of rotatable bonds is 5. The van der Waals surface area contributed by atoms with Gasteiger partial charge in [0.1, 0.15) is 6.04 Å². The Balaban J connectivity index is 2.01. The summed E-state index contributed by atoms with van der Waals surface area (Å²) in [5, 5.41) is 2.74. The third-order valence-electron chi connectivity index (χ3n) is 3.04. The lowest BCUT2D eigenvalue weighted by Crippen LogP contribution is -2.27. The molecule has 2 rings (SSSR count). The third-order valence-corrected chi connectivity index (χ3v) is 3.04. The van der Waals surface area contributed by atoms with Gasteiger partial charge in [-0.1, -0.05) is 42.5 Å². The zero-order valence-electron chi connectivity index (χ0n) is 11.5. The van der Waals surface area contributed by atoms with E-state index in [0.717, 1.165) is 11.1 Å². The van der Waals surface area contributed by atoms with Crippen molar-refractivity contribution in [3.8, 4) is 0 Å². The third kappa shape index (κ3) is 4.15. The number of primary amides is 1. The molecule has 0 radical (unpaired) electrons. The van der Waals surface area contributed by atoms with Crippen molar-refractivity contribution in [2.45, 2.75) is 12.5 Å². The molecule has 21 heavy (non-hydrogen) atoms. The number of carbonyl (C=O) groups excluding carboxylic acids is 2. The monoisotopic (exact) mass is 283 g/mol. The Morgan fingerprint density at radius 3 is 2.19 bits per heavy atom. The first-order valence-corrected chi connectivity index (χ1v) is 6.55. The lowest BCUT2D eigenvalue weighted by molar-refractivity contribution is -0.118. The SMILES string of the molecule is NC(=O)Cc1ccc(NC(=O)C(N)c2ccccc2)cc1. The highest BCUT2D eigenvalue weighted by atomic mass is 16.2. The van der Waals surface area contributed by atoms with Crippen LogP contribution in [0, 0.1) is 0 Å². The van der Waals surface area contributed by atoms with E-state index < -0.39 is 11.9 Å². The second kappa shape index (κ2) is 6.67. The molecule has 0 fully saturated rings. The Morgan fingerprint density at radius 1 is 1.00 bits per heavy atom. The van der Waals surface area contributed by atoms with Crippen molar-refractivity contribution in [1.29, 1.82) is 0 Å². The average Bonchev–Trinajstić information content (AvgIpc) is 2.49. The van der Waals surface area contributed by atoms with Crippen LogP contribution in [0.2, 0.25) is 0 Å². The lowest BCUT2D eigenvalue weighted by Gasteiger charge is -2.12. The highest BCUT2D eigenvalue weighted by Crippen LogP contribution is 2.14. The van der Waals surface area contributed by atoms with Crippen LogP contribution in [0.4, 0.5) is 5.69 Å². The maximum atomic E-state index is 12.1. The molecule has 0 bridgehead atoms. The van der Waals surface area contributed by atoms with Crippen molar-refractivity contribution >= 4 is 17.5 Å². The summed E-state index contributed by atoms with van der Waals surface area (Å²) in [5.41, 5.74) is 13.2. The largest absolute Gasteiger partial charge is 0.369 e. The molecule has 2 amide bonds. The molecule has 0 aromatic heterocycles. The molecule has 1 unspecified atom stereocenters. The molecule has 0 spiro atoms. The molecule has 0 heterocycles. The summed E-state index contributed by atoms with van der Waals surface area (Å²) in [5.74, 6) is -0.679. The zero-order chi connectivity index (χ0) is 15.2. The Hall–Kier alpha value is -2.66. The molecule has 0 aliphatic heterocycles. The smallest absolute Gasteiger partial charge is 0.245 e. The quantitative estimate of drug-likeness (QED) is 0.772.